The Balaban J connectivity index is 1.32. The molecule has 3 aliphatic heterocycles. The zero-order chi connectivity index (χ0) is 27.7. The molecule has 4 aromatic rings. The molecule has 41 heavy (non-hydrogen) atoms. The molecule has 0 saturated heterocycles. The van der Waals surface area contributed by atoms with Gasteiger partial charge in [-0.1, -0.05) is 151 Å². The van der Waals surface area contributed by atoms with Crippen molar-refractivity contribution < 1.29 is 0 Å². The Bertz CT molecular complexity index is 1790. The lowest BCUT2D eigenvalue weighted by atomic mass is 9.68. The minimum atomic E-state index is -0.420. The summed E-state index contributed by atoms with van der Waals surface area (Å²) in [6.07, 6.45) is 1.26. The molecule has 200 valence electrons. The van der Waals surface area contributed by atoms with Gasteiger partial charge in [-0.25, -0.2) is 0 Å². The molecule has 2 bridgehead atoms. The Hall–Kier alpha value is -3.30. The Morgan fingerprint density at radius 1 is 0.585 bits per heavy atom. The summed E-state index contributed by atoms with van der Waals surface area (Å²) in [6.45, 7) is 7.60. The lowest BCUT2D eigenvalue weighted by Gasteiger charge is -2.35. The van der Waals surface area contributed by atoms with Gasteiger partial charge in [0.2, 0.25) is 0 Å². The molecule has 2 heteroatoms. The van der Waals surface area contributed by atoms with E-state index in [2.05, 4.69) is 142 Å². The van der Waals surface area contributed by atoms with E-state index >= 15 is 0 Å². The quantitative estimate of drug-likeness (QED) is 0.216. The zero-order valence-electron chi connectivity index (χ0n) is 23.9. The lowest BCUT2D eigenvalue weighted by molar-refractivity contribution is 0.545. The highest BCUT2D eigenvalue weighted by Crippen LogP contribution is 2.84. The van der Waals surface area contributed by atoms with E-state index in [0.29, 0.717) is 20.4 Å². The molecular weight excluding hydrogens is 530 g/mol. The molecule has 0 amide bonds. The van der Waals surface area contributed by atoms with Gasteiger partial charge < -0.3 is 0 Å². The van der Waals surface area contributed by atoms with Crippen LogP contribution < -0.4 is 0 Å². The zero-order valence-corrected chi connectivity index (χ0v) is 25.8. The normalized spacial score (nSPS) is 27.2. The molecule has 0 saturated carbocycles. The van der Waals surface area contributed by atoms with Crippen LogP contribution >= 0.6 is 16.5 Å². The van der Waals surface area contributed by atoms with Crippen molar-refractivity contribution in [1.29, 1.82) is 0 Å². The first-order valence-electron chi connectivity index (χ1n) is 14.8. The third kappa shape index (κ3) is 3.67. The van der Waals surface area contributed by atoms with Gasteiger partial charge in [0.1, 0.15) is 0 Å². The van der Waals surface area contributed by atoms with Crippen LogP contribution in [0.2, 0.25) is 0 Å². The molecule has 0 nitrogen and oxygen atoms in total. The van der Waals surface area contributed by atoms with E-state index in [-0.39, 0.29) is 5.41 Å². The summed E-state index contributed by atoms with van der Waals surface area (Å²) in [4.78, 5) is 0. The van der Waals surface area contributed by atoms with Crippen LogP contribution in [-0.2, 0) is 0 Å². The first-order chi connectivity index (χ1) is 20.1. The fourth-order valence-electron chi connectivity index (χ4n) is 8.24. The van der Waals surface area contributed by atoms with Gasteiger partial charge in [0.05, 0.1) is 0 Å². The molecule has 1 aliphatic carbocycles. The van der Waals surface area contributed by atoms with Gasteiger partial charge in [0.25, 0.3) is 0 Å². The summed E-state index contributed by atoms with van der Waals surface area (Å²) in [5.74, 6) is 0.871. The highest BCUT2D eigenvalue weighted by Gasteiger charge is 2.59. The first-order valence-corrected chi connectivity index (χ1v) is 17.3. The summed E-state index contributed by atoms with van der Waals surface area (Å²) in [7, 11) is 0.272. The SMILES string of the molecule is CC1C(c2ccccc2)=C(c2ccccc2)PC2=C1[C@H](C)C1=C2[P@]2C[C@]1(C)C(c1ccccc1)=C2c1ccccc1. The highest BCUT2D eigenvalue weighted by atomic mass is 31.1. The van der Waals surface area contributed by atoms with E-state index in [9.17, 15) is 0 Å². The second-order valence-electron chi connectivity index (χ2n) is 12.1. The predicted molar refractivity (Wildman–Crippen MR) is 180 cm³/mol. The number of rotatable bonds is 4. The standard InChI is InChI=1S/C39H34P2/c1-25-31-26(2)33-38(36(31)40-35(29-20-12-6-13-21-29)32(25)27-16-8-4-9-17-27)41-24-39(33,3)34(28-18-10-5-11-19-28)37(41)30-22-14-7-15-23-30/h4-23,25-26,40H,24H2,1-3H3/t25?,26-,39-,41+/m0/s1. The van der Waals surface area contributed by atoms with Crippen molar-refractivity contribution in [3.63, 3.8) is 0 Å². The Labute approximate surface area is 247 Å². The average Bonchev–Trinajstić information content (AvgIpc) is 3.62. The molecule has 2 unspecified atom stereocenters. The van der Waals surface area contributed by atoms with Gasteiger partial charge in [-0.05, 0) is 79.9 Å². The molecular formula is C39H34P2. The second-order valence-corrected chi connectivity index (χ2v) is 15.4. The van der Waals surface area contributed by atoms with Gasteiger partial charge in [0.15, 0.2) is 0 Å². The third-order valence-electron chi connectivity index (χ3n) is 9.75. The third-order valence-corrected chi connectivity index (χ3v) is 14.5. The van der Waals surface area contributed by atoms with Crippen LogP contribution in [0.5, 0.6) is 0 Å². The molecule has 4 aliphatic rings. The predicted octanol–water partition coefficient (Wildman–Crippen LogP) is 11.1. The highest BCUT2D eigenvalue weighted by molar-refractivity contribution is 7.75. The topological polar surface area (TPSA) is 0 Å². The van der Waals surface area contributed by atoms with Gasteiger partial charge in [-0.3, -0.25) is 0 Å². The van der Waals surface area contributed by atoms with Crippen LogP contribution in [0.3, 0.4) is 0 Å². The molecule has 0 radical (unpaired) electrons. The van der Waals surface area contributed by atoms with Crippen LogP contribution in [0.1, 0.15) is 43.0 Å². The molecule has 5 atom stereocenters. The van der Waals surface area contributed by atoms with Gasteiger partial charge in [-0.2, -0.15) is 0 Å². The smallest absolute Gasteiger partial charge is 0.0207 e. The number of benzene rings is 4. The molecule has 0 spiro atoms. The first kappa shape index (κ1) is 25.4. The van der Waals surface area contributed by atoms with Crippen molar-refractivity contribution in [2.24, 2.45) is 17.3 Å². The minimum Gasteiger partial charge on any atom is -0.0622 e. The van der Waals surface area contributed by atoms with Crippen molar-refractivity contribution >= 4 is 38.3 Å². The van der Waals surface area contributed by atoms with E-state index in [1.165, 1.54) is 34.0 Å². The Morgan fingerprint density at radius 3 is 1.68 bits per heavy atom. The maximum absolute atomic E-state index is 2.58. The van der Waals surface area contributed by atoms with Crippen LogP contribution in [-0.4, -0.2) is 6.16 Å². The average molecular weight is 565 g/mol. The van der Waals surface area contributed by atoms with Crippen LogP contribution in [0.25, 0.3) is 21.8 Å². The summed E-state index contributed by atoms with van der Waals surface area (Å²) in [5.41, 5.74) is 12.2. The fraction of sp³-hybridized carbons (Fsp3) is 0.179. The summed E-state index contributed by atoms with van der Waals surface area (Å²) >= 11 is 0. The summed E-state index contributed by atoms with van der Waals surface area (Å²) < 4.78 is 0. The van der Waals surface area contributed by atoms with Gasteiger partial charge in [0, 0.05) is 17.3 Å². The van der Waals surface area contributed by atoms with E-state index in [1.54, 1.807) is 38.0 Å². The van der Waals surface area contributed by atoms with Crippen molar-refractivity contribution in [3.8, 4) is 0 Å². The van der Waals surface area contributed by atoms with Crippen molar-refractivity contribution in [2.45, 2.75) is 20.8 Å². The van der Waals surface area contributed by atoms with Crippen molar-refractivity contribution in [2.75, 3.05) is 6.16 Å². The van der Waals surface area contributed by atoms with E-state index in [0.717, 1.165) is 0 Å². The maximum atomic E-state index is 2.58. The fourth-order valence-corrected chi connectivity index (χ4v) is 14.4. The number of fused-ring (bicyclic) bond motifs is 5. The minimum absolute atomic E-state index is 0.0777. The monoisotopic (exact) mass is 564 g/mol. The van der Waals surface area contributed by atoms with Gasteiger partial charge >= 0.3 is 0 Å². The lowest BCUT2D eigenvalue weighted by Crippen LogP contribution is -2.25. The number of allylic oxidation sites excluding steroid dienone is 6. The largest absolute Gasteiger partial charge is 0.0622 e. The number of hydrogen-bond donors (Lipinski definition) is 0. The molecule has 4 aromatic carbocycles. The van der Waals surface area contributed by atoms with Crippen LogP contribution in [0, 0.1) is 17.3 Å². The molecule has 3 heterocycles. The molecule has 0 aromatic heterocycles. The van der Waals surface area contributed by atoms with Crippen LogP contribution in [0.4, 0.5) is 0 Å². The van der Waals surface area contributed by atoms with E-state index in [4.69, 9.17) is 0 Å². The second kappa shape index (κ2) is 9.63. The maximum Gasteiger partial charge on any atom is 0.0207 e. The molecule has 0 N–H and O–H groups in total. The van der Waals surface area contributed by atoms with Crippen LogP contribution in [0.15, 0.2) is 143 Å². The Morgan fingerprint density at radius 2 is 1.10 bits per heavy atom. The summed E-state index contributed by atoms with van der Waals surface area (Å²) in [5, 5.41) is 6.63. The van der Waals surface area contributed by atoms with E-state index in [1.807, 2.05) is 0 Å². The van der Waals surface area contributed by atoms with Crippen molar-refractivity contribution in [1.82, 2.24) is 0 Å². The van der Waals surface area contributed by atoms with E-state index < -0.39 is 7.92 Å². The summed E-state index contributed by atoms with van der Waals surface area (Å²) in [6, 6.07) is 45.0. The Kier molecular flexibility index (Phi) is 5.97. The molecule has 0 fully saturated rings. The molecule has 8 rings (SSSR count). The van der Waals surface area contributed by atoms with Gasteiger partial charge in [-0.15, -0.1) is 0 Å². The van der Waals surface area contributed by atoms with Crippen molar-refractivity contribution in [3.05, 3.63) is 165 Å². The number of hydrogen-bond acceptors (Lipinski definition) is 0.